The van der Waals surface area contributed by atoms with E-state index in [1.54, 1.807) is 0 Å². The van der Waals surface area contributed by atoms with Gasteiger partial charge in [0.05, 0.1) is 5.92 Å². The largest absolute Gasteiger partial charge is 0.481 e. The first-order valence-electron chi connectivity index (χ1n) is 6.95. The topological polar surface area (TPSA) is 63.3 Å². The molecule has 0 saturated heterocycles. The summed E-state index contributed by atoms with van der Waals surface area (Å²) in [5, 5.41) is 8.98. The van der Waals surface area contributed by atoms with E-state index in [4.69, 9.17) is 10.8 Å². The molecule has 0 fully saturated rings. The van der Waals surface area contributed by atoms with E-state index in [0.29, 0.717) is 19.3 Å². The van der Waals surface area contributed by atoms with Gasteiger partial charge in [-0.2, -0.15) is 0 Å². The van der Waals surface area contributed by atoms with Gasteiger partial charge in [-0.3, -0.25) is 4.79 Å². The van der Waals surface area contributed by atoms with Gasteiger partial charge in [0.2, 0.25) is 0 Å². The van der Waals surface area contributed by atoms with Crippen molar-refractivity contribution in [2.75, 3.05) is 6.54 Å². The zero-order valence-electron chi connectivity index (χ0n) is 11.9. The van der Waals surface area contributed by atoms with Crippen molar-refractivity contribution in [1.29, 1.82) is 0 Å². The average Bonchev–Trinajstić information content (AvgIpc) is 2.45. The van der Waals surface area contributed by atoms with Gasteiger partial charge in [0.25, 0.3) is 0 Å². The molecule has 3 N–H and O–H groups in total. The van der Waals surface area contributed by atoms with Crippen LogP contribution in [0.3, 0.4) is 0 Å². The Kier molecular flexibility index (Phi) is 6.68. The maximum Gasteiger partial charge on any atom is 0.307 e. The normalized spacial score (nSPS) is 14.0. The second-order valence-corrected chi connectivity index (χ2v) is 5.14. The van der Waals surface area contributed by atoms with Crippen LogP contribution in [0.15, 0.2) is 12.1 Å². The summed E-state index contributed by atoms with van der Waals surface area (Å²) in [5.41, 5.74) is 5.12. The first-order chi connectivity index (χ1) is 9.90. The highest BCUT2D eigenvalue weighted by molar-refractivity contribution is 5.70. The molecular formula is C15H20F3NO2. The van der Waals surface area contributed by atoms with Crippen LogP contribution in [0, 0.1) is 29.3 Å². The van der Waals surface area contributed by atoms with Gasteiger partial charge in [0.15, 0.2) is 11.6 Å². The van der Waals surface area contributed by atoms with E-state index in [2.05, 4.69) is 0 Å². The first-order valence-corrected chi connectivity index (χ1v) is 6.95. The number of hydrogen-bond donors (Lipinski definition) is 2. The first kappa shape index (κ1) is 17.5. The van der Waals surface area contributed by atoms with Crippen LogP contribution in [0.2, 0.25) is 0 Å². The van der Waals surface area contributed by atoms with Crippen LogP contribution in [0.5, 0.6) is 0 Å². The number of rotatable bonds is 8. The molecule has 2 unspecified atom stereocenters. The third-order valence-corrected chi connectivity index (χ3v) is 3.77. The van der Waals surface area contributed by atoms with Crippen LogP contribution in [0.1, 0.15) is 31.7 Å². The summed E-state index contributed by atoms with van der Waals surface area (Å²) in [5.74, 6) is -4.70. The van der Waals surface area contributed by atoms with Crippen molar-refractivity contribution in [1.82, 2.24) is 0 Å². The molecule has 1 aromatic rings. The lowest BCUT2D eigenvalue weighted by atomic mass is 9.88. The molecule has 1 rings (SSSR count). The summed E-state index contributed by atoms with van der Waals surface area (Å²) < 4.78 is 40.2. The van der Waals surface area contributed by atoms with Gasteiger partial charge in [0, 0.05) is 12.1 Å². The van der Waals surface area contributed by atoms with E-state index in [1.165, 1.54) is 0 Å². The Labute approximate surface area is 122 Å². The fourth-order valence-corrected chi connectivity index (χ4v) is 2.34. The molecule has 0 aliphatic rings. The highest BCUT2D eigenvalue weighted by Crippen LogP contribution is 2.24. The van der Waals surface area contributed by atoms with Gasteiger partial charge in [0.1, 0.15) is 5.82 Å². The highest BCUT2D eigenvalue weighted by Gasteiger charge is 2.21. The summed E-state index contributed by atoms with van der Waals surface area (Å²) in [6, 6.07) is 1.65. The molecule has 0 heterocycles. The summed E-state index contributed by atoms with van der Waals surface area (Å²) in [6.07, 6.45) is 1.44. The molecule has 0 aliphatic carbocycles. The van der Waals surface area contributed by atoms with Gasteiger partial charge in [-0.1, -0.05) is 13.3 Å². The zero-order valence-corrected chi connectivity index (χ0v) is 11.9. The van der Waals surface area contributed by atoms with E-state index in [0.717, 1.165) is 12.1 Å². The van der Waals surface area contributed by atoms with Crippen molar-refractivity contribution < 1.29 is 23.1 Å². The average molecular weight is 303 g/mol. The van der Waals surface area contributed by atoms with Gasteiger partial charge in [-0.05, 0) is 37.3 Å². The Hall–Kier alpha value is -1.56. The minimum Gasteiger partial charge on any atom is -0.481 e. The number of hydrogen-bond acceptors (Lipinski definition) is 2. The maximum atomic E-state index is 13.5. The smallest absolute Gasteiger partial charge is 0.307 e. The minimum atomic E-state index is -1.17. The van der Waals surface area contributed by atoms with Crippen molar-refractivity contribution in [3.8, 4) is 0 Å². The molecule has 0 bridgehead atoms. The Morgan fingerprint density at radius 1 is 1.29 bits per heavy atom. The van der Waals surface area contributed by atoms with Crippen molar-refractivity contribution in [2.45, 2.75) is 32.6 Å². The quantitative estimate of drug-likeness (QED) is 0.725. The van der Waals surface area contributed by atoms with E-state index in [-0.39, 0.29) is 24.4 Å². The predicted octanol–water partition coefficient (Wildman–Crippen LogP) is 3.11. The molecule has 0 radical (unpaired) electrons. The van der Waals surface area contributed by atoms with Gasteiger partial charge >= 0.3 is 5.97 Å². The molecule has 21 heavy (non-hydrogen) atoms. The number of carbonyl (C=O) groups is 1. The number of aliphatic carboxylic acids is 1. The lowest BCUT2D eigenvalue weighted by Crippen LogP contribution is -2.26. The molecule has 6 heteroatoms. The number of carboxylic acids is 1. The summed E-state index contributed by atoms with van der Waals surface area (Å²) in [6.45, 7) is 1.90. The second-order valence-electron chi connectivity index (χ2n) is 5.14. The van der Waals surface area contributed by atoms with Crippen LogP contribution in [0.4, 0.5) is 13.2 Å². The second kappa shape index (κ2) is 8.02. The summed E-state index contributed by atoms with van der Waals surface area (Å²) in [4.78, 5) is 11.0. The number of halogens is 3. The standard InChI is InChI=1S/C15H20F3NO2/c1-2-9(7-10(8-19)15(20)21)3-4-11-12(16)5-6-13(17)14(11)18/h5-6,9-10H,2-4,7-8,19H2,1H3,(H,20,21). The number of nitrogens with two attached hydrogens (primary N) is 1. The SMILES string of the molecule is CCC(CCc1c(F)ccc(F)c1F)CC(CN)C(=O)O. The number of benzene rings is 1. The van der Waals surface area contributed by atoms with Gasteiger partial charge < -0.3 is 10.8 Å². The van der Waals surface area contributed by atoms with Crippen molar-refractivity contribution in [3.63, 3.8) is 0 Å². The van der Waals surface area contributed by atoms with E-state index in [1.807, 2.05) is 6.92 Å². The monoisotopic (exact) mass is 303 g/mol. The minimum absolute atomic E-state index is 0.0223. The molecular weight excluding hydrogens is 283 g/mol. The molecule has 0 spiro atoms. The Morgan fingerprint density at radius 3 is 2.43 bits per heavy atom. The molecule has 0 amide bonds. The molecule has 1 aromatic carbocycles. The Bertz CT molecular complexity index is 494. The lowest BCUT2D eigenvalue weighted by molar-refractivity contribution is -0.142. The van der Waals surface area contributed by atoms with Crippen LogP contribution >= 0.6 is 0 Å². The van der Waals surface area contributed by atoms with Gasteiger partial charge in [-0.15, -0.1) is 0 Å². The fourth-order valence-electron chi connectivity index (χ4n) is 2.34. The van der Waals surface area contributed by atoms with Crippen molar-refractivity contribution in [2.24, 2.45) is 17.6 Å². The maximum absolute atomic E-state index is 13.5. The van der Waals surface area contributed by atoms with E-state index < -0.39 is 29.3 Å². The lowest BCUT2D eigenvalue weighted by Gasteiger charge is -2.19. The molecule has 0 aliphatic heterocycles. The van der Waals surface area contributed by atoms with Crippen LogP contribution in [-0.2, 0) is 11.2 Å². The van der Waals surface area contributed by atoms with Crippen LogP contribution in [-0.4, -0.2) is 17.6 Å². The van der Waals surface area contributed by atoms with Crippen LogP contribution in [0.25, 0.3) is 0 Å². The van der Waals surface area contributed by atoms with E-state index >= 15 is 0 Å². The molecule has 0 saturated carbocycles. The molecule has 0 aromatic heterocycles. The third-order valence-electron chi connectivity index (χ3n) is 3.77. The van der Waals surface area contributed by atoms with Crippen molar-refractivity contribution in [3.05, 3.63) is 35.1 Å². The fraction of sp³-hybridized carbons (Fsp3) is 0.533. The Balaban J connectivity index is 2.72. The van der Waals surface area contributed by atoms with E-state index in [9.17, 15) is 18.0 Å². The summed E-state index contributed by atoms with van der Waals surface area (Å²) >= 11 is 0. The molecule has 2 atom stereocenters. The third kappa shape index (κ3) is 4.74. The predicted molar refractivity (Wildman–Crippen MR) is 73.2 cm³/mol. The molecule has 118 valence electrons. The highest BCUT2D eigenvalue weighted by atomic mass is 19.2. The van der Waals surface area contributed by atoms with Crippen LogP contribution < -0.4 is 5.73 Å². The summed E-state index contributed by atoms with van der Waals surface area (Å²) in [7, 11) is 0. The zero-order chi connectivity index (χ0) is 16.0. The van der Waals surface area contributed by atoms with Crippen molar-refractivity contribution >= 4 is 5.97 Å². The number of carboxylic acid groups (broad SMARTS) is 1. The van der Waals surface area contributed by atoms with Gasteiger partial charge in [-0.25, -0.2) is 13.2 Å². The molecule has 3 nitrogen and oxygen atoms in total. The Morgan fingerprint density at radius 2 is 1.90 bits per heavy atom.